The highest BCUT2D eigenvalue weighted by molar-refractivity contribution is 5.21. The molecule has 52 valence electrons. The topological polar surface area (TPSA) is 12.0 Å². The first-order valence-corrected chi connectivity index (χ1v) is 3.72. The molecule has 2 unspecified atom stereocenters. The van der Waals surface area contributed by atoms with Gasteiger partial charge in [-0.3, -0.25) is 0 Å². The smallest absolute Gasteiger partial charge is 0.0439 e. The third kappa shape index (κ3) is 1.05. The average Bonchev–Trinajstić information content (AvgIpc) is 1.89. The summed E-state index contributed by atoms with van der Waals surface area (Å²) in [6.45, 7) is 1.09. The monoisotopic (exact) mass is 133 g/mol. The standard InChI is InChI=1S/C9H11N/c1-2-4-9-6-5-8(3-1)7-10-9/h1-6,8-10H,7H2. The van der Waals surface area contributed by atoms with E-state index in [1.807, 2.05) is 0 Å². The normalized spacial score (nSPS) is 36.0. The fraction of sp³-hybridized carbons (Fsp3) is 0.333. The van der Waals surface area contributed by atoms with Crippen molar-refractivity contribution in [2.45, 2.75) is 6.04 Å². The zero-order chi connectivity index (χ0) is 6.81. The van der Waals surface area contributed by atoms with Crippen molar-refractivity contribution in [2.75, 3.05) is 6.54 Å². The number of rotatable bonds is 0. The second kappa shape index (κ2) is 2.43. The lowest BCUT2D eigenvalue weighted by atomic mass is 10.00. The molecule has 2 atom stereocenters. The molecule has 0 spiro atoms. The molecule has 2 heterocycles. The zero-order valence-electron chi connectivity index (χ0n) is 5.83. The first-order chi connectivity index (χ1) is 4.95. The third-order valence-electron chi connectivity index (χ3n) is 1.94. The maximum absolute atomic E-state index is 3.40. The van der Waals surface area contributed by atoms with Crippen LogP contribution in [0.25, 0.3) is 0 Å². The van der Waals surface area contributed by atoms with Crippen molar-refractivity contribution in [2.24, 2.45) is 5.92 Å². The minimum atomic E-state index is 0.473. The van der Waals surface area contributed by atoms with E-state index in [2.05, 4.69) is 41.8 Å². The molecule has 1 heteroatoms. The van der Waals surface area contributed by atoms with Gasteiger partial charge in [-0.15, -0.1) is 0 Å². The molecular formula is C9H11N. The molecule has 0 aromatic carbocycles. The van der Waals surface area contributed by atoms with Crippen LogP contribution in [-0.4, -0.2) is 12.6 Å². The van der Waals surface area contributed by atoms with Gasteiger partial charge in [-0.25, -0.2) is 0 Å². The van der Waals surface area contributed by atoms with Crippen molar-refractivity contribution in [3.63, 3.8) is 0 Å². The van der Waals surface area contributed by atoms with Crippen molar-refractivity contribution in [3.05, 3.63) is 36.5 Å². The predicted molar refractivity (Wildman–Crippen MR) is 42.7 cm³/mol. The van der Waals surface area contributed by atoms with Gasteiger partial charge >= 0.3 is 0 Å². The summed E-state index contributed by atoms with van der Waals surface area (Å²) in [6, 6.07) is 0.473. The van der Waals surface area contributed by atoms with Crippen LogP contribution in [-0.2, 0) is 0 Å². The maximum atomic E-state index is 3.40. The minimum Gasteiger partial charge on any atom is -0.306 e. The first kappa shape index (κ1) is 5.93. The molecule has 1 aliphatic carbocycles. The van der Waals surface area contributed by atoms with E-state index in [4.69, 9.17) is 0 Å². The van der Waals surface area contributed by atoms with Crippen molar-refractivity contribution < 1.29 is 0 Å². The molecule has 3 rings (SSSR count). The Labute approximate surface area is 61.1 Å². The lowest BCUT2D eigenvalue weighted by Gasteiger charge is -2.21. The van der Waals surface area contributed by atoms with Gasteiger partial charge in [0.05, 0.1) is 0 Å². The van der Waals surface area contributed by atoms with E-state index in [0.717, 1.165) is 6.54 Å². The van der Waals surface area contributed by atoms with Gasteiger partial charge in [0.2, 0.25) is 0 Å². The Morgan fingerprint density at radius 2 is 1.90 bits per heavy atom. The molecule has 0 radical (unpaired) electrons. The molecular weight excluding hydrogens is 122 g/mol. The summed E-state index contributed by atoms with van der Waals surface area (Å²) in [5.74, 6) is 0.612. The Bertz CT molecular complexity index is 179. The number of nitrogens with one attached hydrogen (secondary N) is 1. The molecule has 0 saturated heterocycles. The van der Waals surface area contributed by atoms with Crippen molar-refractivity contribution in [1.82, 2.24) is 5.32 Å². The first-order valence-electron chi connectivity index (χ1n) is 3.72. The van der Waals surface area contributed by atoms with E-state index < -0.39 is 0 Å². The van der Waals surface area contributed by atoms with Gasteiger partial charge in [-0.1, -0.05) is 36.5 Å². The van der Waals surface area contributed by atoms with Crippen LogP contribution in [0.2, 0.25) is 0 Å². The van der Waals surface area contributed by atoms with E-state index in [0.29, 0.717) is 12.0 Å². The summed E-state index contributed by atoms with van der Waals surface area (Å²) in [4.78, 5) is 0. The molecule has 2 aliphatic heterocycles. The fourth-order valence-corrected chi connectivity index (χ4v) is 1.33. The van der Waals surface area contributed by atoms with Crippen LogP contribution in [0.4, 0.5) is 0 Å². The van der Waals surface area contributed by atoms with Crippen LogP contribution in [0.15, 0.2) is 36.5 Å². The second-order valence-electron chi connectivity index (χ2n) is 2.75. The Balaban J connectivity index is 2.29. The molecule has 0 amide bonds. The molecule has 0 fully saturated rings. The average molecular weight is 133 g/mol. The maximum Gasteiger partial charge on any atom is 0.0439 e. The predicted octanol–water partition coefficient (Wildman–Crippen LogP) is 1.26. The summed E-state index contributed by atoms with van der Waals surface area (Å²) in [6.07, 6.45) is 13.1. The van der Waals surface area contributed by atoms with Crippen molar-refractivity contribution in [3.8, 4) is 0 Å². The Morgan fingerprint density at radius 3 is 2.70 bits per heavy atom. The molecule has 1 nitrogen and oxygen atoms in total. The van der Waals surface area contributed by atoms with Crippen LogP contribution < -0.4 is 5.32 Å². The van der Waals surface area contributed by atoms with Crippen LogP contribution in [0.1, 0.15) is 0 Å². The van der Waals surface area contributed by atoms with Crippen molar-refractivity contribution in [1.29, 1.82) is 0 Å². The lowest BCUT2D eigenvalue weighted by Crippen LogP contribution is -2.33. The molecule has 0 aromatic heterocycles. The van der Waals surface area contributed by atoms with Gasteiger partial charge in [0.1, 0.15) is 0 Å². The van der Waals surface area contributed by atoms with Gasteiger partial charge in [0.15, 0.2) is 0 Å². The quantitative estimate of drug-likeness (QED) is 0.490. The third-order valence-corrected chi connectivity index (χ3v) is 1.94. The van der Waals surface area contributed by atoms with Crippen LogP contribution in [0.5, 0.6) is 0 Å². The molecule has 3 aliphatic rings. The largest absolute Gasteiger partial charge is 0.306 e. The lowest BCUT2D eigenvalue weighted by molar-refractivity contribution is 0.584. The Kier molecular flexibility index (Phi) is 1.44. The van der Waals surface area contributed by atoms with E-state index in [-0.39, 0.29) is 0 Å². The van der Waals surface area contributed by atoms with Crippen molar-refractivity contribution >= 4 is 0 Å². The Hall–Kier alpha value is -0.820. The van der Waals surface area contributed by atoms with E-state index >= 15 is 0 Å². The highest BCUT2D eigenvalue weighted by Crippen LogP contribution is 2.10. The highest BCUT2D eigenvalue weighted by Gasteiger charge is 2.10. The minimum absolute atomic E-state index is 0.473. The van der Waals surface area contributed by atoms with Gasteiger partial charge in [-0.2, -0.15) is 0 Å². The summed E-state index contributed by atoms with van der Waals surface area (Å²) < 4.78 is 0. The van der Waals surface area contributed by atoms with E-state index in [9.17, 15) is 0 Å². The molecule has 0 saturated carbocycles. The molecule has 0 aromatic rings. The number of hydrogen-bond donors (Lipinski definition) is 1. The fourth-order valence-electron chi connectivity index (χ4n) is 1.33. The number of fused-ring (bicyclic) bond motifs is 2. The summed E-state index contributed by atoms with van der Waals surface area (Å²) >= 11 is 0. The molecule has 10 heavy (non-hydrogen) atoms. The summed E-state index contributed by atoms with van der Waals surface area (Å²) in [5.41, 5.74) is 0. The van der Waals surface area contributed by atoms with Gasteiger partial charge < -0.3 is 5.32 Å². The van der Waals surface area contributed by atoms with E-state index in [1.54, 1.807) is 0 Å². The van der Waals surface area contributed by atoms with Crippen LogP contribution in [0.3, 0.4) is 0 Å². The van der Waals surface area contributed by atoms with Gasteiger partial charge in [0, 0.05) is 18.5 Å². The number of hydrogen-bond acceptors (Lipinski definition) is 1. The molecule has 2 bridgehead atoms. The van der Waals surface area contributed by atoms with Gasteiger partial charge in [-0.05, 0) is 0 Å². The Morgan fingerprint density at radius 1 is 1.00 bits per heavy atom. The zero-order valence-corrected chi connectivity index (χ0v) is 5.83. The summed E-state index contributed by atoms with van der Waals surface area (Å²) in [7, 11) is 0. The highest BCUT2D eigenvalue weighted by atomic mass is 14.9. The number of allylic oxidation sites excluding steroid dienone is 2. The molecule has 1 N–H and O–H groups in total. The van der Waals surface area contributed by atoms with Crippen LogP contribution in [0, 0.1) is 5.92 Å². The summed E-state index contributed by atoms with van der Waals surface area (Å²) in [5, 5.41) is 3.40. The van der Waals surface area contributed by atoms with Crippen LogP contribution >= 0.6 is 0 Å². The van der Waals surface area contributed by atoms with E-state index in [1.165, 1.54) is 0 Å². The SMILES string of the molecule is C1=CC2C=CC(C=C1)NC2. The van der Waals surface area contributed by atoms with Gasteiger partial charge in [0.25, 0.3) is 0 Å². The second-order valence-corrected chi connectivity index (χ2v) is 2.75.